The lowest BCUT2D eigenvalue weighted by molar-refractivity contribution is -0.135. The van der Waals surface area contributed by atoms with E-state index < -0.39 is 0 Å². The number of carbonyl (C=O) groups excluding carboxylic acids is 1. The van der Waals surface area contributed by atoms with Crippen molar-refractivity contribution in [2.24, 2.45) is 10.9 Å². The van der Waals surface area contributed by atoms with E-state index in [9.17, 15) is 9.18 Å². The van der Waals surface area contributed by atoms with E-state index in [2.05, 4.69) is 31.6 Å². The molecule has 2 N–H and O–H groups in total. The third-order valence-corrected chi connectivity index (χ3v) is 5.97. The molecule has 7 heteroatoms. The first kappa shape index (κ1) is 20.1. The fourth-order valence-electron chi connectivity index (χ4n) is 3.92. The largest absolute Gasteiger partial charge is 0.352 e. The molecule has 1 unspecified atom stereocenters. The predicted octanol–water partition coefficient (Wildman–Crippen LogP) is 3.43. The average molecular weight is 439 g/mol. The van der Waals surface area contributed by atoms with Crippen LogP contribution in [0, 0.1) is 11.7 Å². The molecule has 1 aliphatic heterocycles. The molecule has 1 heterocycles. The summed E-state index contributed by atoms with van der Waals surface area (Å²) in [5.74, 6) is 0.918. The first-order chi connectivity index (χ1) is 13.1. The molecule has 0 radical (unpaired) electrons. The number of amides is 1. The van der Waals surface area contributed by atoms with Crippen molar-refractivity contribution in [2.75, 3.05) is 20.1 Å². The Bertz CT molecular complexity index is 691. The van der Waals surface area contributed by atoms with Crippen molar-refractivity contribution >= 4 is 27.8 Å². The Hall–Kier alpha value is -1.63. The van der Waals surface area contributed by atoms with Crippen LogP contribution in [-0.4, -0.2) is 42.9 Å². The van der Waals surface area contributed by atoms with Gasteiger partial charge in [-0.2, -0.15) is 0 Å². The number of nitrogens with one attached hydrogen (secondary N) is 2. The van der Waals surface area contributed by atoms with Gasteiger partial charge in [0, 0.05) is 48.7 Å². The standard InChI is InChI=1S/C20H28BrFN4O/c1-23-20(24-12-15-7-8-16(21)11-18(15)22)25-17-9-10-26(13-17)19(27)14-5-3-2-4-6-14/h7-8,11,14,17H,2-6,9-10,12-13H2,1H3,(H2,23,24,25). The number of benzene rings is 1. The highest BCUT2D eigenvalue weighted by Crippen LogP contribution is 2.26. The number of hydrogen-bond acceptors (Lipinski definition) is 2. The van der Waals surface area contributed by atoms with Gasteiger partial charge >= 0.3 is 0 Å². The quantitative estimate of drug-likeness (QED) is 0.559. The summed E-state index contributed by atoms with van der Waals surface area (Å²) in [4.78, 5) is 18.9. The minimum Gasteiger partial charge on any atom is -0.352 e. The number of guanidine groups is 1. The fourth-order valence-corrected chi connectivity index (χ4v) is 4.25. The van der Waals surface area contributed by atoms with E-state index in [-0.39, 0.29) is 17.8 Å². The zero-order chi connectivity index (χ0) is 19.2. The van der Waals surface area contributed by atoms with Gasteiger partial charge in [-0.15, -0.1) is 0 Å². The molecular weight excluding hydrogens is 411 g/mol. The van der Waals surface area contributed by atoms with E-state index >= 15 is 0 Å². The smallest absolute Gasteiger partial charge is 0.225 e. The molecule has 1 aliphatic carbocycles. The maximum Gasteiger partial charge on any atom is 0.225 e. The van der Waals surface area contributed by atoms with Crippen LogP contribution in [0.1, 0.15) is 44.1 Å². The highest BCUT2D eigenvalue weighted by atomic mass is 79.9. The lowest BCUT2D eigenvalue weighted by Crippen LogP contribution is -2.45. The van der Waals surface area contributed by atoms with Gasteiger partial charge in [-0.3, -0.25) is 9.79 Å². The van der Waals surface area contributed by atoms with Crippen LogP contribution in [0.5, 0.6) is 0 Å². The number of halogens is 2. The first-order valence-corrected chi connectivity index (χ1v) is 10.6. The van der Waals surface area contributed by atoms with Crippen molar-refractivity contribution < 1.29 is 9.18 Å². The molecule has 0 aromatic heterocycles. The molecule has 5 nitrogen and oxygen atoms in total. The second-order valence-electron chi connectivity index (χ2n) is 7.41. The van der Waals surface area contributed by atoms with Gasteiger partial charge in [-0.1, -0.05) is 41.3 Å². The fraction of sp³-hybridized carbons (Fsp3) is 0.600. The van der Waals surface area contributed by atoms with Gasteiger partial charge in [0.2, 0.25) is 5.91 Å². The minimum atomic E-state index is -0.252. The van der Waals surface area contributed by atoms with Crippen molar-refractivity contribution in [2.45, 2.75) is 51.1 Å². The molecule has 1 aromatic carbocycles. The molecule has 1 saturated carbocycles. The molecular formula is C20H28BrFN4O. The Morgan fingerprint density at radius 3 is 2.78 bits per heavy atom. The van der Waals surface area contributed by atoms with Crippen LogP contribution in [0.3, 0.4) is 0 Å². The Kier molecular flexibility index (Phi) is 7.10. The summed E-state index contributed by atoms with van der Waals surface area (Å²) in [5, 5.41) is 6.53. The molecule has 2 fully saturated rings. The van der Waals surface area contributed by atoms with Crippen molar-refractivity contribution in [1.29, 1.82) is 0 Å². The molecule has 0 spiro atoms. The average Bonchev–Trinajstić information content (AvgIpc) is 3.15. The van der Waals surface area contributed by atoms with Crippen molar-refractivity contribution in [1.82, 2.24) is 15.5 Å². The number of carbonyl (C=O) groups is 1. The molecule has 1 amide bonds. The SMILES string of the molecule is CN=C(NCc1ccc(Br)cc1F)NC1CCN(C(=O)C2CCCCC2)C1. The molecule has 1 aromatic rings. The molecule has 3 rings (SSSR count). The van der Waals surface area contributed by atoms with E-state index in [0.29, 0.717) is 30.5 Å². The predicted molar refractivity (Wildman–Crippen MR) is 109 cm³/mol. The van der Waals surface area contributed by atoms with Crippen LogP contribution in [0.15, 0.2) is 27.7 Å². The summed E-state index contributed by atoms with van der Waals surface area (Å²) >= 11 is 3.27. The summed E-state index contributed by atoms with van der Waals surface area (Å²) in [5.41, 5.74) is 0.585. The van der Waals surface area contributed by atoms with Crippen LogP contribution < -0.4 is 10.6 Å². The van der Waals surface area contributed by atoms with Crippen LogP contribution >= 0.6 is 15.9 Å². The summed E-state index contributed by atoms with van der Waals surface area (Å²) in [7, 11) is 1.70. The third-order valence-electron chi connectivity index (χ3n) is 5.48. The number of aliphatic imine (C=N–C) groups is 1. The molecule has 148 valence electrons. The Labute approximate surface area is 168 Å². The van der Waals surface area contributed by atoms with Crippen LogP contribution in [0.2, 0.25) is 0 Å². The summed E-state index contributed by atoms with van der Waals surface area (Å²) < 4.78 is 14.7. The second kappa shape index (κ2) is 9.53. The zero-order valence-electron chi connectivity index (χ0n) is 15.8. The van der Waals surface area contributed by atoms with E-state index in [4.69, 9.17) is 0 Å². The monoisotopic (exact) mass is 438 g/mol. The van der Waals surface area contributed by atoms with Gasteiger partial charge in [0.15, 0.2) is 5.96 Å². The number of likely N-dealkylation sites (tertiary alicyclic amines) is 1. The van der Waals surface area contributed by atoms with Gasteiger partial charge < -0.3 is 15.5 Å². The Morgan fingerprint density at radius 1 is 1.30 bits per heavy atom. The molecule has 1 saturated heterocycles. The lowest BCUT2D eigenvalue weighted by atomic mass is 9.88. The molecule has 0 bridgehead atoms. The van der Waals surface area contributed by atoms with Gasteiger partial charge in [-0.05, 0) is 31.4 Å². The molecule has 2 aliphatic rings. The van der Waals surface area contributed by atoms with Gasteiger partial charge in [0.1, 0.15) is 5.82 Å². The third kappa shape index (κ3) is 5.43. The number of nitrogens with zero attached hydrogens (tertiary/aromatic N) is 2. The lowest BCUT2D eigenvalue weighted by Gasteiger charge is -2.26. The second-order valence-corrected chi connectivity index (χ2v) is 8.33. The van der Waals surface area contributed by atoms with Crippen LogP contribution in [-0.2, 0) is 11.3 Å². The summed E-state index contributed by atoms with van der Waals surface area (Å²) in [6.45, 7) is 1.87. The van der Waals surface area contributed by atoms with Gasteiger partial charge in [0.25, 0.3) is 0 Å². The summed E-state index contributed by atoms with van der Waals surface area (Å²) in [6, 6.07) is 5.21. The molecule has 1 atom stereocenters. The van der Waals surface area contributed by atoms with Crippen LogP contribution in [0.4, 0.5) is 4.39 Å². The Morgan fingerprint density at radius 2 is 2.07 bits per heavy atom. The van der Waals surface area contributed by atoms with Crippen molar-refractivity contribution in [3.05, 3.63) is 34.1 Å². The van der Waals surface area contributed by atoms with Gasteiger partial charge in [-0.25, -0.2) is 4.39 Å². The van der Waals surface area contributed by atoms with E-state index in [1.165, 1.54) is 25.3 Å². The number of hydrogen-bond donors (Lipinski definition) is 2. The van der Waals surface area contributed by atoms with Crippen LogP contribution in [0.25, 0.3) is 0 Å². The number of rotatable bonds is 4. The highest BCUT2D eigenvalue weighted by Gasteiger charge is 2.31. The maximum absolute atomic E-state index is 14.0. The van der Waals surface area contributed by atoms with Gasteiger partial charge in [0.05, 0.1) is 0 Å². The minimum absolute atomic E-state index is 0.179. The van der Waals surface area contributed by atoms with E-state index in [1.54, 1.807) is 13.1 Å². The maximum atomic E-state index is 14.0. The molecule has 27 heavy (non-hydrogen) atoms. The van der Waals surface area contributed by atoms with E-state index in [0.717, 1.165) is 30.3 Å². The highest BCUT2D eigenvalue weighted by molar-refractivity contribution is 9.10. The van der Waals surface area contributed by atoms with Crippen molar-refractivity contribution in [3.8, 4) is 0 Å². The van der Waals surface area contributed by atoms with Crippen molar-refractivity contribution in [3.63, 3.8) is 0 Å². The topological polar surface area (TPSA) is 56.7 Å². The van der Waals surface area contributed by atoms with E-state index in [1.807, 2.05) is 11.0 Å². The normalized spacial score (nSPS) is 21.4. The zero-order valence-corrected chi connectivity index (χ0v) is 17.4. The Balaban J connectivity index is 1.48. The summed E-state index contributed by atoms with van der Waals surface area (Å²) in [6.07, 6.45) is 6.59. The first-order valence-electron chi connectivity index (χ1n) is 9.76.